The van der Waals surface area contributed by atoms with E-state index in [4.69, 9.17) is 9.47 Å². The molecule has 0 spiro atoms. The third-order valence-electron chi connectivity index (χ3n) is 4.41. The molecule has 0 aliphatic carbocycles. The summed E-state index contributed by atoms with van der Waals surface area (Å²) in [6.45, 7) is 6.34. The van der Waals surface area contributed by atoms with E-state index in [9.17, 15) is 13.2 Å². The number of aryl methyl sites for hydroxylation is 1. The highest BCUT2D eigenvalue weighted by Gasteiger charge is 2.33. The second-order valence-electron chi connectivity index (χ2n) is 6.89. The first kappa shape index (κ1) is 25.7. The fraction of sp³-hybridized carbons (Fsp3) is 0.500. The molecular weight excluding hydrogens is 544 g/mol. The molecule has 2 heterocycles. The Balaban J connectivity index is 0.00000341. The van der Waals surface area contributed by atoms with Gasteiger partial charge in [-0.2, -0.15) is 13.2 Å². The molecule has 0 saturated carbocycles. The van der Waals surface area contributed by atoms with Gasteiger partial charge in [-0.05, 0) is 25.5 Å². The number of ether oxygens (including phenoxy) is 2. The Labute approximate surface area is 200 Å². The zero-order valence-corrected chi connectivity index (χ0v) is 20.4. The van der Waals surface area contributed by atoms with Crippen LogP contribution in [0.5, 0.6) is 5.75 Å². The molecule has 1 aromatic heterocycles. The van der Waals surface area contributed by atoms with Crippen molar-refractivity contribution in [3.05, 3.63) is 45.4 Å². The van der Waals surface area contributed by atoms with Crippen LogP contribution >= 0.6 is 35.3 Å². The third kappa shape index (κ3) is 7.79. The Bertz CT molecular complexity index is 870. The largest absolute Gasteiger partial charge is 0.488 e. The number of rotatable bonds is 7. The number of thiazole rings is 1. The monoisotopic (exact) mass is 570 g/mol. The molecule has 6 nitrogen and oxygen atoms in total. The highest BCUT2D eigenvalue weighted by molar-refractivity contribution is 14.0. The summed E-state index contributed by atoms with van der Waals surface area (Å²) in [6.07, 6.45) is -3.54. The van der Waals surface area contributed by atoms with Gasteiger partial charge in [0.25, 0.3) is 0 Å². The van der Waals surface area contributed by atoms with Crippen LogP contribution in [0.3, 0.4) is 0 Å². The summed E-state index contributed by atoms with van der Waals surface area (Å²) in [5.74, 6) is 1.27. The Morgan fingerprint density at radius 1 is 1.35 bits per heavy atom. The lowest BCUT2D eigenvalue weighted by Crippen LogP contribution is -2.36. The molecule has 1 aromatic carbocycles. The van der Waals surface area contributed by atoms with Gasteiger partial charge in [0.05, 0.1) is 26.3 Å². The van der Waals surface area contributed by atoms with Crippen LogP contribution < -0.4 is 15.4 Å². The summed E-state index contributed by atoms with van der Waals surface area (Å²) in [5.41, 5.74) is 1.15. The van der Waals surface area contributed by atoms with E-state index >= 15 is 0 Å². The zero-order chi connectivity index (χ0) is 21.6. The lowest BCUT2D eigenvalue weighted by atomic mass is 10.1. The fourth-order valence-electron chi connectivity index (χ4n) is 2.88. The molecule has 11 heteroatoms. The standard InChI is InChI=1S/C20H25F3N4O2S.HI/c1-3-24-19(26-10-18-27-17(12-30-18)20(21,22)23)25-9-14-5-4-13(2)8-16(14)29-15-6-7-28-11-15;/h4-5,8,12,15H,3,6-7,9-11H2,1-2H3,(H2,24,25,26);1H. The molecular formula is C20H26F3IN4O2S. The smallest absolute Gasteiger partial charge is 0.434 e. The van der Waals surface area contributed by atoms with Crippen LogP contribution in [0.1, 0.15) is 35.2 Å². The van der Waals surface area contributed by atoms with Crippen LogP contribution in [0.4, 0.5) is 13.2 Å². The van der Waals surface area contributed by atoms with Crippen molar-refractivity contribution >= 4 is 41.3 Å². The lowest BCUT2D eigenvalue weighted by molar-refractivity contribution is -0.140. The minimum atomic E-state index is -4.43. The number of guanidine groups is 1. The summed E-state index contributed by atoms with van der Waals surface area (Å²) in [5, 5.41) is 7.49. The van der Waals surface area contributed by atoms with E-state index in [1.165, 1.54) is 0 Å². The van der Waals surface area contributed by atoms with Crippen molar-refractivity contribution in [2.75, 3.05) is 19.8 Å². The Morgan fingerprint density at radius 2 is 2.16 bits per heavy atom. The molecule has 1 unspecified atom stereocenters. The predicted octanol–water partition coefficient (Wildman–Crippen LogP) is 4.51. The number of halogens is 4. The van der Waals surface area contributed by atoms with Crippen LogP contribution in [0.25, 0.3) is 0 Å². The fourth-order valence-corrected chi connectivity index (χ4v) is 3.62. The quantitative estimate of drug-likeness (QED) is 0.292. The van der Waals surface area contributed by atoms with Crippen molar-refractivity contribution in [2.24, 2.45) is 4.99 Å². The van der Waals surface area contributed by atoms with Crippen LogP contribution in [-0.2, 0) is 24.0 Å². The van der Waals surface area contributed by atoms with E-state index in [0.29, 0.717) is 37.3 Å². The van der Waals surface area contributed by atoms with Gasteiger partial charge in [-0.25, -0.2) is 9.98 Å². The predicted molar refractivity (Wildman–Crippen MR) is 125 cm³/mol. The molecule has 1 atom stereocenters. The van der Waals surface area contributed by atoms with Gasteiger partial charge in [-0.1, -0.05) is 12.1 Å². The van der Waals surface area contributed by atoms with Crippen molar-refractivity contribution in [3.8, 4) is 5.75 Å². The second kappa shape index (κ2) is 11.9. The Kier molecular flexibility index (Phi) is 9.82. The van der Waals surface area contributed by atoms with E-state index in [0.717, 1.165) is 40.0 Å². The summed E-state index contributed by atoms with van der Waals surface area (Å²) in [7, 11) is 0. The maximum absolute atomic E-state index is 12.7. The third-order valence-corrected chi connectivity index (χ3v) is 5.25. The topological polar surface area (TPSA) is 67.8 Å². The van der Waals surface area contributed by atoms with Gasteiger partial charge in [-0.3, -0.25) is 0 Å². The number of benzene rings is 1. The summed E-state index contributed by atoms with van der Waals surface area (Å²) < 4.78 is 49.6. The Morgan fingerprint density at radius 3 is 2.81 bits per heavy atom. The van der Waals surface area contributed by atoms with Crippen molar-refractivity contribution in [3.63, 3.8) is 0 Å². The van der Waals surface area contributed by atoms with E-state index in [-0.39, 0.29) is 36.6 Å². The van der Waals surface area contributed by atoms with Crippen molar-refractivity contribution in [1.82, 2.24) is 15.6 Å². The zero-order valence-electron chi connectivity index (χ0n) is 17.3. The first-order valence-electron chi connectivity index (χ1n) is 9.73. The average Bonchev–Trinajstić information content (AvgIpc) is 3.37. The maximum Gasteiger partial charge on any atom is 0.434 e. The van der Waals surface area contributed by atoms with E-state index < -0.39 is 11.9 Å². The number of hydrogen-bond donors (Lipinski definition) is 2. The van der Waals surface area contributed by atoms with Gasteiger partial charge in [0, 0.05) is 23.9 Å². The molecule has 31 heavy (non-hydrogen) atoms. The van der Waals surface area contributed by atoms with Crippen molar-refractivity contribution in [1.29, 1.82) is 0 Å². The molecule has 1 saturated heterocycles. The molecule has 2 aromatic rings. The molecule has 1 fully saturated rings. The maximum atomic E-state index is 12.7. The second-order valence-corrected chi connectivity index (χ2v) is 7.83. The Hall–Kier alpha value is -1.60. The number of nitrogens with one attached hydrogen (secondary N) is 2. The molecule has 0 amide bonds. The van der Waals surface area contributed by atoms with Crippen molar-refractivity contribution < 1.29 is 22.6 Å². The normalized spacial score (nSPS) is 16.7. The van der Waals surface area contributed by atoms with Crippen LogP contribution in [0.15, 0.2) is 28.6 Å². The highest BCUT2D eigenvalue weighted by Crippen LogP contribution is 2.30. The van der Waals surface area contributed by atoms with Crippen molar-refractivity contribution in [2.45, 2.75) is 45.6 Å². The number of alkyl halides is 3. The minimum Gasteiger partial charge on any atom is -0.488 e. The molecule has 172 valence electrons. The molecule has 1 aliphatic heterocycles. The molecule has 2 N–H and O–H groups in total. The minimum absolute atomic E-state index is 0. The number of aliphatic imine (C=N–C) groups is 1. The van der Waals surface area contributed by atoms with Crippen LogP contribution in [0, 0.1) is 6.92 Å². The van der Waals surface area contributed by atoms with Crippen LogP contribution in [0.2, 0.25) is 0 Å². The summed E-state index contributed by atoms with van der Waals surface area (Å²) >= 11 is 0.964. The van der Waals surface area contributed by atoms with E-state index in [2.05, 4.69) is 20.6 Å². The molecule has 1 aliphatic rings. The number of nitrogens with zero attached hydrogens (tertiary/aromatic N) is 2. The van der Waals surface area contributed by atoms with E-state index in [1.54, 1.807) is 0 Å². The highest BCUT2D eigenvalue weighted by atomic mass is 127. The first-order valence-corrected chi connectivity index (χ1v) is 10.6. The van der Waals surface area contributed by atoms with Gasteiger partial charge in [0.15, 0.2) is 11.7 Å². The number of aromatic nitrogens is 1. The first-order chi connectivity index (χ1) is 14.3. The van der Waals surface area contributed by atoms with E-state index in [1.807, 2.05) is 32.0 Å². The van der Waals surface area contributed by atoms with Gasteiger partial charge in [-0.15, -0.1) is 35.3 Å². The average molecular weight is 570 g/mol. The molecule has 0 radical (unpaired) electrons. The van der Waals surface area contributed by atoms with Gasteiger partial charge >= 0.3 is 6.18 Å². The molecule has 3 rings (SSSR count). The summed E-state index contributed by atoms with van der Waals surface area (Å²) in [4.78, 5) is 8.19. The van der Waals surface area contributed by atoms with Gasteiger partial charge in [0.1, 0.15) is 16.9 Å². The number of hydrogen-bond acceptors (Lipinski definition) is 5. The summed E-state index contributed by atoms with van der Waals surface area (Å²) in [6, 6.07) is 5.96. The SMILES string of the molecule is CCNC(=NCc1ccc(C)cc1OC1CCOC1)NCc1nc(C(F)(F)F)cs1.I. The van der Waals surface area contributed by atoms with Gasteiger partial charge < -0.3 is 20.1 Å². The lowest BCUT2D eigenvalue weighted by Gasteiger charge is -2.16. The molecule has 0 bridgehead atoms. The van der Waals surface area contributed by atoms with Gasteiger partial charge in [0.2, 0.25) is 0 Å². The van der Waals surface area contributed by atoms with Crippen LogP contribution in [-0.4, -0.2) is 36.8 Å².